The minimum Gasteiger partial charge on any atom is -0.507 e. The Kier molecular flexibility index (Phi) is 5.20. The number of ketones is 1. The number of aliphatic hydroxyl groups excluding tert-OH is 1. The number of ether oxygens (including phenoxy) is 2. The van der Waals surface area contributed by atoms with Crippen molar-refractivity contribution in [1.82, 2.24) is 4.90 Å². The van der Waals surface area contributed by atoms with Crippen molar-refractivity contribution in [3.05, 3.63) is 64.2 Å². The number of likely N-dealkylation sites (tertiary alicyclic amines) is 1. The van der Waals surface area contributed by atoms with E-state index >= 15 is 0 Å². The topological polar surface area (TPSA) is 76.1 Å². The maximum Gasteiger partial charge on any atom is 0.295 e. The van der Waals surface area contributed by atoms with E-state index in [1.807, 2.05) is 6.92 Å². The van der Waals surface area contributed by atoms with Gasteiger partial charge in [-0.1, -0.05) is 30.7 Å². The van der Waals surface area contributed by atoms with Crippen molar-refractivity contribution in [2.45, 2.75) is 19.4 Å². The van der Waals surface area contributed by atoms with Crippen molar-refractivity contribution in [2.24, 2.45) is 0 Å². The molecular weight excluding hydrogens is 394 g/mol. The van der Waals surface area contributed by atoms with Crippen LogP contribution in [0, 0.1) is 0 Å². The van der Waals surface area contributed by atoms with Crippen molar-refractivity contribution < 1.29 is 24.2 Å². The summed E-state index contributed by atoms with van der Waals surface area (Å²) in [5, 5.41) is 11.6. The van der Waals surface area contributed by atoms with E-state index in [1.54, 1.807) is 42.5 Å². The number of rotatable bonds is 4. The lowest BCUT2D eigenvalue weighted by Gasteiger charge is -2.25. The largest absolute Gasteiger partial charge is 0.507 e. The van der Waals surface area contributed by atoms with Gasteiger partial charge in [0, 0.05) is 17.1 Å². The summed E-state index contributed by atoms with van der Waals surface area (Å²) in [6.07, 6.45) is 0.682. The van der Waals surface area contributed by atoms with E-state index in [9.17, 15) is 14.7 Å². The molecule has 2 heterocycles. The molecule has 0 aromatic heterocycles. The number of hydrogen-bond donors (Lipinski definition) is 1. The lowest BCUT2D eigenvalue weighted by Crippen LogP contribution is -2.30. The van der Waals surface area contributed by atoms with Crippen LogP contribution in [0.15, 0.2) is 48.0 Å². The first-order chi connectivity index (χ1) is 14.0. The molecule has 150 valence electrons. The van der Waals surface area contributed by atoms with Crippen molar-refractivity contribution in [3.63, 3.8) is 0 Å². The van der Waals surface area contributed by atoms with Gasteiger partial charge < -0.3 is 19.5 Å². The second-order valence-electron chi connectivity index (χ2n) is 6.90. The summed E-state index contributed by atoms with van der Waals surface area (Å²) < 4.78 is 11.1. The molecule has 1 fully saturated rings. The Morgan fingerprint density at radius 2 is 1.79 bits per heavy atom. The molecule has 6 nitrogen and oxygen atoms in total. The zero-order valence-electron chi connectivity index (χ0n) is 15.9. The number of Topliss-reactive ketones (excluding diaryl/α,β-unsaturated/α-hetero) is 1. The Labute approximate surface area is 173 Å². The first-order valence-electron chi connectivity index (χ1n) is 9.45. The number of carbonyl (C=O) groups is 2. The molecule has 0 saturated carbocycles. The molecule has 0 spiro atoms. The Morgan fingerprint density at radius 1 is 1.10 bits per heavy atom. The molecule has 1 atom stereocenters. The summed E-state index contributed by atoms with van der Waals surface area (Å²) in [5.41, 5.74) is 1.16. The van der Waals surface area contributed by atoms with Crippen LogP contribution in [0.5, 0.6) is 11.5 Å². The Bertz CT molecular complexity index is 999. The summed E-state index contributed by atoms with van der Waals surface area (Å²) >= 11 is 6.00. The third kappa shape index (κ3) is 3.44. The molecule has 2 aromatic rings. The highest BCUT2D eigenvalue weighted by atomic mass is 35.5. The molecule has 0 radical (unpaired) electrons. The van der Waals surface area contributed by atoms with E-state index in [-0.39, 0.29) is 11.3 Å². The minimum atomic E-state index is -0.703. The zero-order valence-corrected chi connectivity index (χ0v) is 16.6. The number of carbonyl (C=O) groups excluding carboxylic acids is 2. The van der Waals surface area contributed by atoms with Gasteiger partial charge in [-0.3, -0.25) is 9.59 Å². The Morgan fingerprint density at radius 3 is 2.48 bits per heavy atom. The highest BCUT2D eigenvalue weighted by molar-refractivity contribution is 6.46. The van der Waals surface area contributed by atoms with E-state index in [1.165, 1.54) is 4.90 Å². The molecule has 1 saturated heterocycles. The molecule has 4 rings (SSSR count). The second-order valence-corrected chi connectivity index (χ2v) is 7.34. The second kappa shape index (κ2) is 7.79. The SMILES string of the molecule is CCCN1C(=O)C(=O)/C(=C(\O)c2ccc3c(c2)OCCO3)C1c1ccc(Cl)cc1. The van der Waals surface area contributed by atoms with Gasteiger partial charge in [-0.15, -0.1) is 0 Å². The third-order valence-corrected chi connectivity index (χ3v) is 5.26. The van der Waals surface area contributed by atoms with Crippen LogP contribution in [-0.4, -0.2) is 41.5 Å². The zero-order chi connectivity index (χ0) is 20.5. The van der Waals surface area contributed by atoms with Gasteiger partial charge in [-0.05, 0) is 42.3 Å². The fraction of sp³-hybridized carbons (Fsp3) is 0.273. The van der Waals surface area contributed by atoms with Crippen LogP contribution in [0.2, 0.25) is 5.02 Å². The highest BCUT2D eigenvalue weighted by Gasteiger charge is 2.45. The molecule has 1 amide bonds. The fourth-order valence-electron chi connectivity index (χ4n) is 3.69. The molecular formula is C22H20ClNO5. The summed E-state index contributed by atoms with van der Waals surface area (Å²) in [6, 6.07) is 11.2. The normalized spacial score (nSPS) is 20.2. The maximum atomic E-state index is 12.9. The average molecular weight is 414 g/mol. The molecule has 2 aliphatic rings. The average Bonchev–Trinajstić information content (AvgIpc) is 2.99. The van der Waals surface area contributed by atoms with Crippen molar-refractivity contribution >= 4 is 29.1 Å². The molecule has 0 bridgehead atoms. The first-order valence-corrected chi connectivity index (χ1v) is 9.83. The van der Waals surface area contributed by atoms with Gasteiger partial charge in [0.1, 0.15) is 19.0 Å². The van der Waals surface area contributed by atoms with E-state index < -0.39 is 17.7 Å². The molecule has 1 N–H and O–H groups in total. The predicted octanol–water partition coefficient (Wildman–Crippen LogP) is 3.94. The monoisotopic (exact) mass is 413 g/mol. The van der Waals surface area contributed by atoms with Gasteiger partial charge in [-0.25, -0.2) is 0 Å². The van der Waals surface area contributed by atoms with Crippen molar-refractivity contribution in [3.8, 4) is 11.5 Å². The van der Waals surface area contributed by atoms with Crippen LogP contribution >= 0.6 is 11.6 Å². The van der Waals surface area contributed by atoms with E-state index in [4.69, 9.17) is 21.1 Å². The number of aliphatic hydroxyl groups is 1. The molecule has 2 aliphatic heterocycles. The van der Waals surface area contributed by atoms with E-state index in [0.29, 0.717) is 53.8 Å². The predicted molar refractivity (Wildman–Crippen MR) is 108 cm³/mol. The van der Waals surface area contributed by atoms with Gasteiger partial charge >= 0.3 is 0 Å². The molecule has 0 aliphatic carbocycles. The molecule has 7 heteroatoms. The van der Waals surface area contributed by atoms with E-state index in [2.05, 4.69) is 0 Å². The number of hydrogen-bond acceptors (Lipinski definition) is 5. The van der Waals surface area contributed by atoms with Gasteiger partial charge in [0.25, 0.3) is 11.7 Å². The van der Waals surface area contributed by atoms with Crippen molar-refractivity contribution in [2.75, 3.05) is 19.8 Å². The summed E-state index contributed by atoms with van der Waals surface area (Å²) in [6.45, 7) is 3.19. The van der Waals surface area contributed by atoms with Crippen molar-refractivity contribution in [1.29, 1.82) is 0 Å². The highest BCUT2D eigenvalue weighted by Crippen LogP contribution is 2.41. The van der Waals surface area contributed by atoms with Gasteiger partial charge in [0.2, 0.25) is 0 Å². The van der Waals surface area contributed by atoms with Gasteiger partial charge in [0.15, 0.2) is 11.5 Å². The third-order valence-electron chi connectivity index (χ3n) is 5.01. The lowest BCUT2D eigenvalue weighted by atomic mass is 9.95. The first kappa shape index (κ1) is 19.3. The number of halogens is 1. The standard InChI is InChI=1S/C22H20ClNO5/c1-2-9-24-19(13-3-6-15(23)7-4-13)18(21(26)22(24)27)20(25)14-5-8-16-17(12-14)29-11-10-28-16/h3-8,12,19,25H,2,9-11H2,1H3/b20-18-. The van der Waals surface area contributed by atoms with Gasteiger partial charge in [-0.2, -0.15) is 0 Å². The smallest absolute Gasteiger partial charge is 0.295 e. The molecule has 2 aromatic carbocycles. The molecule has 1 unspecified atom stereocenters. The quantitative estimate of drug-likeness (QED) is 0.466. The molecule has 29 heavy (non-hydrogen) atoms. The summed E-state index contributed by atoms with van der Waals surface area (Å²) in [7, 11) is 0. The van der Waals surface area contributed by atoms with Crippen LogP contribution in [0.4, 0.5) is 0 Å². The van der Waals surface area contributed by atoms with Crippen LogP contribution < -0.4 is 9.47 Å². The van der Waals surface area contributed by atoms with Crippen LogP contribution in [0.25, 0.3) is 5.76 Å². The number of nitrogens with zero attached hydrogens (tertiary/aromatic N) is 1. The number of amides is 1. The number of fused-ring (bicyclic) bond motifs is 1. The number of benzene rings is 2. The van der Waals surface area contributed by atoms with Gasteiger partial charge in [0.05, 0.1) is 11.6 Å². The fourth-order valence-corrected chi connectivity index (χ4v) is 3.82. The Hall–Kier alpha value is -2.99. The van der Waals surface area contributed by atoms with Crippen LogP contribution in [0.1, 0.15) is 30.5 Å². The maximum absolute atomic E-state index is 12.9. The van der Waals surface area contributed by atoms with Crippen LogP contribution in [0.3, 0.4) is 0 Å². The summed E-state index contributed by atoms with van der Waals surface area (Å²) in [5.74, 6) is -0.491. The lowest BCUT2D eigenvalue weighted by molar-refractivity contribution is -0.139. The summed E-state index contributed by atoms with van der Waals surface area (Å²) in [4.78, 5) is 27.0. The Balaban J connectivity index is 1.84. The van der Waals surface area contributed by atoms with Crippen LogP contribution in [-0.2, 0) is 9.59 Å². The minimum absolute atomic E-state index is 0.0578. The van der Waals surface area contributed by atoms with E-state index in [0.717, 1.165) is 0 Å².